The fraction of sp³-hybridized carbons (Fsp3) is 0.426. The molecule has 4 aliphatic heterocycles. The Hall–Kier alpha value is -6.29. The second-order valence-electron chi connectivity index (χ2n) is 19.5. The summed E-state index contributed by atoms with van der Waals surface area (Å²) in [6.07, 6.45) is 3.71. The van der Waals surface area contributed by atoms with E-state index in [1.807, 2.05) is 79.5 Å². The standard InChI is InChI=1S/C54H60ClFN8O6/c1-32-48(34(3)59(4)58-32)49-44(55)15-14-41-40(8-6-28-70-46-9-5-7-36-29-37(56)10-12-39(36)46)51(54(68)69)63(50(41)49)27-24-60-20-18-35(19-21-60)31-61-22-25-62(26-23-61)38-11-13-42-43(30-38)33(2)64(53(42)67)45-16-17-47(65)57-52(45)66/h5,7,9-15,29-30,33,35,45H,6,8,16-28,31H2,1-4H3,(H,68,69)(H,57,65,66). The van der Waals surface area contributed by atoms with Crippen LogP contribution in [0.15, 0.2) is 66.7 Å². The number of likely N-dealkylation sites (tertiary alicyclic amines) is 1. The lowest BCUT2D eigenvalue weighted by atomic mass is 9.96. The zero-order valence-electron chi connectivity index (χ0n) is 40.3. The van der Waals surface area contributed by atoms with Gasteiger partial charge in [-0.15, -0.1) is 0 Å². The first kappa shape index (κ1) is 47.4. The molecule has 14 nitrogen and oxygen atoms in total. The topological polar surface area (TPSA) is 145 Å². The van der Waals surface area contributed by atoms with Crippen molar-refractivity contribution in [3.05, 3.63) is 111 Å². The number of halogens is 2. The summed E-state index contributed by atoms with van der Waals surface area (Å²) in [5.41, 5.74) is 7.93. The van der Waals surface area contributed by atoms with Gasteiger partial charge in [-0.25, -0.2) is 9.18 Å². The quantitative estimate of drug-likeness (QED) is 0.0811. The van der Waals surface area contributed by atoms with Crippen LogP contribution in [0, 0.1) is 25.6 Å². The van der Waals surface area contributed by atoms with Gasteiger partial charge < -0.3 is 29.1 Å². The minimum Gasteiger partial charge on any atom is -0.493 e. The molecular formula is C54H60ClFN8O6. The van der Waals surface area contributed by atoms with E-state index in [1.54, 1.807) is 11.0 Å². The van der Waals surface area contributed by atoms with Crippen molar-refractivity contribution in [2.45, 2.75) is 77.9 Å². The van der Waals surface area contributed by atoms with Crippen molar-refractivity contribution in [3.63, 3.8) is 0 Å². The van der Waals surface area contributed by atoms with E-state index in [-0.39, 0.29) is 35.8 Å². The highest BCUT2D eigenvalue weighted by molar-refractivity contribution is 6.35. The Labute approximate surface area is 411 Å². The highest BCUT2D eigenvalue weighted by atomic mass is 35.5. The molecule has 0 radical (unpaired) electrons. The van der Waals surface area contributed by atoms with Crippen molar-refractivity contribution < 1.29 is 33.4 Å². The molecule has 2 atom stereocenters. The lowest BCUT2D eigenvalue weighted by Crippen LogP contribution is -2.53. The largest absolute Gasteiger partial charge is 0.493 e. The number of piperazine rings is 1. The predicted octanol–water partition coefficient (Wildman–Crippen LogP) is 8.17. The Morgan fingerprint density at radius 2 is 1.67 bits per heavy atom. The summed E-state index contributed by atoms with van der Waals surface area (Å²) < 4.78 is 24.0. The number of aryl methyl sites for hydroxylation is 3. The number of aromatic carboxylic acids is 1. The SMILES string of the molecule is Cc1nn(C)c(C)c1-c1c(Cl)ccc2c(CCCOc3cccc4cc(F)ccc34)c(C(=O)O)n(CCN3CCC(CN4CCN(c5ccc6c(c5)C(C)N(C5CCC(=O)NC5=O)C6=O)CC4)CC3)c12. The Bertz CT molecular complexity index is 3040. The molecule has 0 spiro atoms. The molecule has 6 heterocycles. The van der Waals surface area contributed by atoms with Crippen LogP contribution < -0.4 is 15.0 Å². The van der Waals surface area contributed by atoms with Crippen molar-refractivity contribution in [2.75, 3.05) is 63.9 Å². The van der Waals surface area contributed by atoms with Gasteiger partial charge in [0.25, 0.3) is 5.91 Å². The molecule has 4 aliphatic rings. The van der Waals surface area contributed by atoms with Crippen LogP contribution in [0.5, 0.6) is 5.75 Å². The van der Waals surface area contributed by atoms with Gasteiger partial charge in [-0.05, 0) is 137 Å². The Kier molecular flexibility index (Phi) is 13.2. The van der Waals surface area contributed by atoms with Crippen molar-refractivity contribution >= 4 is 62.7 Å². The van der Waals surface area contributed by atoms with Gasteiger partial charge in [-0.2, -0.15) is 5.10 Å². The van der Waals surface area contributed by atoms with Crippen LogP contribution in [-0.2, 0) is 29.6 Å². The number of ether oxygens (including phenoxy) is 1. The van der Waals surface area contributed by atoms with Gasteiger partial charge in [0, 0.05) is 98.1 Å². The third-order valence-corrected chi connectivity index (χ3v) is 15.7. The van der Waals surface area contributed by atoms with E-state index < -0.39 is 17.9 Å². The molecule has 70 heavy (non-hydrogen) atoms. The number of aromatic nitrogens is 3. The summed E-state index contributed by atoms with van der Waals surface area (Å²) in [6, 6.07) is 19.2. The number of hydrogen-bond donors (Lipinski definition) is 2. The molecule has 3 fully saturated rings. The van der Waals surface area contributed by atoms with Gasteiger partial charge in [0.1, 0.15) is 23.3 Å². The van der Waals surface area contributed by atoms with Gasteiger partial charge >= 0.3 is 5.97 Å². The molecule has 16 heteroatoms. The van der Waals surface area contributed by atoms with E-state index >= 15 is 0 Å². The van der Waals surface area contributed by atoms with E-state index in [2.05, 4.69) is 26.1 Å². The first-order valence-corrected chi connectivity index (χ1v) is 25.0. The summed E-state index contributed by atoms with van der Waals surface area (Å²) in [6.45, 7) is 14.0. The van der Waals surface area contributed by atoms with Crippen LogP contribution in [0.4, 0.5) is 10.1 Å². The van der Waals surface area contributed by atoms with Crippen LogP contribution >= 0.6 is 11.6 Å². The minimum atomic E-state index is -0.985. The number of nitrogens with zero attached hydrogens (tertiary/aromatic N) is 7. The van der Waals surface area contributed by atoms with Crippen LogP contribution in [0.3, 0.4) is 0 Å². The molecule has 2 aromatic heterocycles. The lowest BCUT2D eigenvalue weighted by molar-refractivity contribution is -0.137. The van der Waals surface area contributed by atoms with Gasteiger partial charge in [0.2, 0.25) is 11.8 Å². The first-order valence-electron chi connectivity index (χ1n) is 24.6. The predicted molar refractivity (Wildman–Crippen MR) is 268 cm³/mol. The molecule has 3 saturated heterocycles. The number of carbonyl (C=O) groups is 4. The number of hydrogen-bond acceptors (Lipinski definition) is 9. The molecule has 3 amide bonds. The van der Waals surface area contributed by atoms with Gasteiger partial charge in [-0.3, -0.25) is 29.3 Å². The number of carboxylic acid groups (broad SMARTS) is 1. The number of amides is 3. The number of piperidine rings is 2. The van der Waals surface area contributed by atoms with Crippen molar-refractivity contribution in [1.29, 1.82) is 0 Å². The van der Waals surface area contributed by atoms with Crippen molar-refractivity contribution in [1.82, 2.24) is 34.4 Å². The van der Waals surface area contributed by atoms with E-state index in [0.717, 1.165) is 120 Å². The number of imide groups is 1. The zero-order valence-corrected chi connectivity index (χ0v) is 41.0. The maximum atomic E-state index is 14.0. The number of nitrogens with one attached hydrogen (secondary N) is 1. The molecule has 0 saturated carbocycles. The molecule has 0 bridgehead atoms. The Morgan fingerprint density at radius 3 is 2.40 bits per heavy atom. The molecule has 4 aromatic carbocycles. The van der Waals surface area contributed by atoms with E-state index in [4.69, 9.17) is 21.4 Å². The van der Waals surface area contributed by atoms with E-state index in [0.29, 0.717) is 61.2 Å². The fourth-order valence-electron chi connectivity index (χ4n) is 11.7. The summed E-state index contributed by atoms with van der Waals surface area (Å²) in [4.78, 5) is 60.4. The molecule has 366 valence electrons. The minimum absolute atomic E-state index is 0.158. The highest BCUT2D eigenvalue weighted by Crippen LogP contribution is 2.43. The maximum absolute atomic E-state index is 14.0. The molecule has 2 unspecified atom stereocenters. The van der Waals surface area contributed by atoms with Crippen molar-refractivity contribution in [2.24, 2.45) is 13.0 Å². The third kappa shape index (κ3) is 8.92. The summed E-state index contributed by atoms with van der Waals surface area (Å²) in [5.74, 6) is -0.929. The fourth-order valence-corrected chi connectivity index (χ4v) is 11.9. The van der Waals surface area contributed by atoms with Crippen molar-refractivity contribution in [3.8, 4) is 16.9 Å². The van der Waals surface area contributed by atoms with E-state index in [9.17, 15) is 28.7 Å². The average molecular weight is 972 g/mol. The normalized spacial score (nSPS) is 19.4. The highest BCUT2D eigenvalue weighted by Gasteiger charge is 2.43. The van der Waals surface area contributed by atoms with Crippen LogP contribution in [0.2, 0.25) is 5.02 Å². The zero-order chi connectivity index (χ0) is 49.0. The number of carbonyl (C=O) groups excluding carboxylic acids is 3. The van der Waals surface area contributed by atoms with E-state index in [1.165, 1.54) is 12.1 Å². The van der Waals surface area contributed by atoms with Crippen LogP contribution in [0.1, 0.15) is 88.4 Å². The Balaban J connectivity index is 0.791. The van der Waals surface area contributed by atoms with Gasteiger partial charge in [-0.1, -0.05) is 29.8 Å². The second-order valence-corrected chi connectivity index (χ2v) is 20.0. The molecule has 6 aromatic rings. The third-order valence-electron chi connectivity index (χ3n) is 15.4. The summed E-state index contributed by atoms with van der Waals surface area (Å²) in [7, 11) is 1.91. The van der Waals surface area contributed by atoms with Crippen LogP contribution in [0.25, 0.3) is 32.8 Å². The van der Waals surface area contributed by atoms with Crippen LogP contribution in [-0.4, -0.2) is 123 Å². The number of fused-ring (bicyclic) bond motifs is 3. The number of carboxylic acids is 1. The smallest absolute Gasteiger partial charge is 0.352 e. The lowest BCUT2D eigenvalue weighted by Gasteiger charge is -2.39. The average Bonchev–Trinajstić information content (AvgIpc) is 3.90. The summed E-state index contributed by atoms with van der Waals surface area (Å²) >= 11 is 7.12. The first-order chi connectivity index (χ1) is 33.7. The number of benzene rings is 4. The van der Waals surface area contributed by atoms with Gasteiger partial charge in [0.15, 0.2) is 0 Å². The number of rotatable bonds is 14. The second kappa shape index (κ2) is 19.5. The molecular weight excluding hydrogens is 911 g/mol. The summed E-state index contributed by atoms with van der Waals surface area (Å²) in [5, 5.41) is 21.1. The monoisotopic (exact) mass is 970 g/mol. The molecule has 10 rings (SSSR count). The van der Waals surface area contributed by atoms with Gasteiger partial charge in [0.05, 0.1) is 28.9 Å². The number of anilines is 1. The molecule has 0 aliphatic carbocycles. The maximum Gasteiger partial charge on any atom is 0.352 e. The Morgan fingerprint density at radius 1 is 0.900 bits per heavy atom. The molecule has 2 N–H and O–H groups in total.